The molecule has 0 spiro atoms. The van der Waals surface area contributed by atoms with E-state index in [1.807, 2.05) is 20.8 Å². The van der Waals surface area contributed by atoms with Crippen molar-refractivity contribution in [2.75, 3.05) is 30.3 Å². The third-order valence-corrected chi connectivity index (χ3v) is 5.54. The first-order valence-electron chi connectivity index (χ1n) is 11.8. The van der Waals surface area contributed by atoms with Gasteiger partial charge >= 0.3 is 0 Å². The largest absolute Gasteiger partial charge is 0.474 e. The van der Waals surface area contributed by atoms with Crippen LogP contribution in [0.15, 0.2) is 35.5 Å². The van der Waals surface area contributed by atoms with E-state index in [0.29, 0.717) is 34.1 Å². The Hall–Kier alpha value is -3.28. The molecular weight excluding hydrogens is 450 g/mol. The Balaban J connectivity index is 1.66. The molecule has 4 heterocycles. The fourth-order valence-electron chi connectivity index (χ4n) is 3.93. The van der Waals surface area contributed by atoms with E-state index in [1.54, 1.807) is 24.4 Å². The van der Waals surface area contributed by atoms with E-state index in [0.717, 1.165) is 25.9 Å². The number of hydrogen-bond donors (Lipinski definition) is 5. The molecule has 0 bridgehead atoms. The summed E-state index contributed by atoms with van der Waals surface area (Å²) < 4.78 is 7.39. The molecule has 1 aliphatic rings. The summed E-state index contributed by atoms with van der Waals surface area (Å²) in [4.78, 5) is 26.4. The Bertz CT molecular complexity index is 1220. The summed E-state index contributed by atoms with van der Waals surface area (Å²) in [7, 11) is 0. The minimum Gasteiger partial charge on any atom is -0.474 e. The quantitative estimate of drug-likeness (QED) is 0.320. The van der Waals surface area contributed by atoms with Crippen LogP contribution in [0.1, 0.15) is 33.6 Å². The van der Waals surface area contributed by atoms with E-state index in [4.69, 9.17) is 4.74 Å². The van der Waals surface area contributed by atoms with E-state index in [2.05, 4.69) is 30.9 Å². The van der Waals surface area contributed by atoms with Crippen LogP contribution < -0.4 is 26.2 Å². The maximum Gasteiger partial charge on any atom is 0.262 e. The Morgan fingerprint density at radius 3 is 2.71 bits per heavy atom. The van der Waals surface area contributed by atoms with Gasteiger partial charge in [0, 0.05) is 17.8 Å². The number of aliphatic hydroxyl groups is 2. The molecule has 0 aromatic carbocycles. The Kier molecular flexibility index (Phi) is 7.48. The van der Waals surface area contributed by atoms with Gasteiger partial charge in [-0.15, -0.1) is 0 Å². The van der Waals surface area contributed by atoms with Crippen molar-refractivity contribution in [3.05, 3.63) is 41.1 Å². The number of nitrogens with one attached hydrogen (secondary N) is 3. The van der Waals surface area contributed by atoms with Crippen LogP contribution in [0.5, 0.6) is 5.88 Å². The number of anilines is 3. The number of pyridine rings is 2. The van der Waals surface area contributed by atoms with Gasteiger partial charge in [-0.1, -0.05) is 0 Å². The highest BCUT2D eigenvalue weighted by molar-refractivity contribution is 5.93. The zero-order valence-corrected chi connectivity index (χ0v) is 20.3. The van der Waals surface area contributed by atoms with Crippen molar-refractivity contribution in [1.82, 2.24) is 24.8 Å². The number of aromatic nitrogens is 4. The van der Waals surface area contributed by atoms with Crippen LogP contribution in [-0.4, -0.2) is 67.2 Å². The zero-order valence-electron chi connectivity index (χ0n) is 20.3. The third kappa shape index (κ3) is 6.44. The first-order valence-corrected chi connectivity index (χ1v) is 11.8. The van der Waals surface area contributed by atoms with Crippen LogP contribution in [0.25, 0.3) is 10.8 Å². The Morgan fingerprint density at radius 2 is 2.00 bits per heavy atom. The summed E-state index contributed by atoms with van der Waals surface area (Å²) in [5.74, 6) is 1.93. The normalized spacial score (nSPS) is 15.7. The second-order valence-electron chi connectivity index (χ2n) is 9.74. The number of hydrogen-bond acceptors (Lipinski definition) is 10. The molecule has 0 amide bonds. The number of aliphatic hydroxyl groups excluding tert-OH is 2. The molecule has 3 aromatic heterocycles. The highest BCUT2D eigenvalue weighted by Gasteiger charge is 2.19. The molecule has 0 unspecified atom stereocenters. The highest BCUT2D eigenvalue weighted by atomic mass is 16.5. The molecule has 1 fully saturated rings. The van der Waals surface area contributed by atoms with Crippen LogP contribution in [0, 0.1) is 0 Å². The molecule has 0 aliphatic carbocycles. The zero-order chi connectivity index (χ0) is 25.0. The van der Waals surface area contributed by atoms with Crippen LogP contribution in [0.4, 0.5) is 17.5 Å². The standard InChI is InChI=1S/C24H33N7O4/c1-24(2,3)30-22-21-15(6-9-31(23(21)34)12-16(33)13-32)10-19(29-22)28-18-11-20(27-14-26-18)35-17-4-7-25-8-5-17/h6,9-11,14,16-17,25,32-33H,4-5,7-8,12-13H2,1-3H3,(H2,26,27,28,29,30)/t16-/m0/s1. The topological polar surface area (TPSA) is 146 Å². The van der Waals surface area contributed by atoms with Crippen molar-refractivity contribution < 1.29 is 14.9 Å². The van der Waals surface area contributed by atoms with Gasteiger partial charge in [0.1, 0.15) is 29.9 Å². The lowest BCUT2D eigenvalue weighted by molar-refractivity contribution is 0.0805. The number of fused-ring (bicyclic) bond motifs is 1. The van der Waals surface area contributed by atoms with Gasteiger partial charge in [0.05, 0.1) is 24.6 Å². The van der Waals surface area contributed by atoms with E-state index < -0.39 is 12.7 Å². The molecule has 0 radical (unpaired) electrons. The fraction of sp³-hybridized carbons (Fsp3) is 0.500. The maximum atomic E-state index is 13.2. The molecule has 4 rings (SSSR count). The SMILES string of the molecule is CC(C)(C)Nc1nc(Nc2cc(OC3CCNCC3)ncn2)cc2ccn(C[C@H](O)CO)c(=O)c12. The highest BCUT2D eigenvalue weighted by Crippen LogP contribution is 2.27. The molecule has 11 heteroatoms. The first kappa shape index (κ1) is 24.8. The van der Waals surface area contributed by atoms with E-state index in [9.17, 15) is 15.0 Å². The molecule has 0 saturated carbocycles. The van der Waals surface area contributed by atoms with E-state index in [1.165, 1.54) is 10.9 Å². The average Bonchev–Trinajstić information content (AvgIpc) is 2.80. The summed E-state index contributed by atoms with van der Waals surface area (Å²) in [5, 5.41) is 29.9. The summed E-state index contributed by atoms with van der Waals surface area (Å²) in [6.45, 7) is 7.34. The molecule has 5 N–H and O–H groups in total. The van der Waals surface area contributed by atoms with Gasteiger partial charge in [-0.05, 0) is 64.2 Å². The van der Waals surface area contributed by atoms with Crippen LogP contribution >= 0.6 is 0 Å². The maximum absolute atomic E-state index is 13.2. The molecule has 3 aromatic rings. The molecule has 35 heavy (non-hydrogen) atoms. The van der Waals surface area contributed by atoms with Crippen molar-refractivity contribution in [2.24, 2.45) is 0 Å². The number of nitrogens with zero attached hydrogens (tertiary/aromatic N) is 4. The van der Waals surface area contributed by atoms with Gasteiger partial charge in [0.25, 0.3) is 5.56 Å². The van der Waals surface area contributed by atoms with Gasteiger partial charge in [0.15, 0.2) is 0 Å². The summed E-state index contributed by atoms with van der Waals surface area (Å²) in [6.07, 6.45) is 3.98. The monoisotopic (exact) mass is 483 g/mol. The van der Waals surface area contributed by atoms with Gasteiger partial charge in [-0.3, -0.25) is 4.79 Å². The smallest absolute Gasteiger partial charge is 0.262 e. The van der Waals surface area contributed by atoms with Crippen LogP contribution in [0.2, 0.25) is 0 Å². The van der Waals surface area contributed by atoms with E-state index in [-0.39, 0.29) is 23.7 Å². The molecule has 1 atom stereocenters. The van der Waals surface area contributed by atoms with Crippen LogP contribution in [0.3, 0.4) is 0 Å². The summed E-state index contributed by atoms with van der Waals surface area (Å²) in [5.41, 5.74) is -0.665. The van der Waals surface area contributed by atoms with Crippen molar-refractivity contribution in [1.29, 1.82) is 0 Å². The Morgan fingerprint density at radius 1 is 1.23 bits per heavy atom. The van der Waals surface area contributed by atoms with Crippen molar-refractivity contribution in [2.45, 2.75) is 57.9 Å². The molecule has 1 saturated heterocycles. The van der Waals surface area contributed by atoms with Crippen LogP contribution in [-0.2, 0) is 6.54 Å². The average molecular weight is 484 g/mol. The lowest BCUT2D eigenvalue weighted by Crippen LogP contribution is -2.34. The minimum atomic E-state index is -1.03. The van der Waals surface area contributed by atoms with Crippen molar-refractivity contribution in [3.63, 3.8) is 0 Å². The van der Waals surface area contributed by atoms with Crippen molar-refractivity contribution in [3.8, 4) is 5.88 Å². The Labute approximate surface area is 203 Å². The van der Waals surface area contributed by atoms with Gasteiger partial charge in [0.2, 0.25) is 5.88 Å². The van der Waals surface area contributed by atoms with Gasteiger partial charge in [-0.2, -0.15) is 0 Å². The predicted octanol–water partition coefficient (Wildman–Crippen LogP) is 1.62. The predicted molar refractivity (Wildman–Crippen MR) is 134 cm³/mol. The minimum absolute atomic E-state index is 0.0129. The van der Waals surface area contributed by atoms with Gasteiger partial charge in [-0.25, -0.2) is 15.0 Å². The molecule has 11 nitrogen and oxygen atoms in total. The van der Waals surface area contributed by atoms with Gasteiger partial charge < -0.3 is 35.5 Å². The molecule has 188 valence electrons. The summed E-state index contributed by atoms with van der Waals surface area (Å²) >= 11 is 0. The number of ether oxygens (including phenoxy) is 1. The molecule has 1 aliphatic heterocycles. The second kappa shape index (κ2) is 10.5. The first-order chi connectivity index (χ1) is 16.7. The lowest BCUT2D eigenvalue weighted by Gasteiger charge is -2.23. The number of piperidine rings is 1. The number of rotatable bonds is 8. The fourth-order valence-corrected chi connectivity index (χ4v) is 3.93. The summed E-state index contributed by atoms with van der Waals surface area (Å²) in [6, 6.07) is 5.29. The van der Waals surface area contributed by atoms with Crippen molar-refractivity contribution >= 4 is 28.2 Å². The molecular formula is C24H33N7O4. The lowest BCUT2D eigenvalue weighted by atomic mass is 10.1. The third-order valence-electron chi connectivity index (χ3n) is 5.54. The van der Waals surface area contributed by atoms with E-state index >= 15 is 0 Å². The second-order valence-corrected chi connectivity index (χ2v) is 9.74.